The van der Waals surface area contributed by atoms with Crippen LogP contribution in [0.5, 0.6) is 0 Å². The van der Waals surface area contributed by atoms with E-state index in [0.29, 0.717) is 31.6 Å². The van der Waals surface area contributed by atoms with Gasteiger partial charge in [0.1, 0.15) is 0 Å². The van der Waals surface area contributed by atoms with Crippen molar-refractivity contribution in [2.75, 3.05) is 12.8 Å². The fraction of sp³-hybridized carbons (Fsp3) is 0.333. The van der Waals surface area contributed by atoms with Gasteiger partial charge in [-0.25, -0.2) is 27.2 Å². The highest BCUT2D eigenvalue weighted by atomic mass is 32.2. The quantitative estimate of drug-likeness (QED) is 0.797. The predicted molar refractivity (Wildman–Crippen MR) is 79.3 cm³/mol. The van der Waals surface area contributed by atoms with Gasteiger partial charge >= 0.3 is 0 Å². The Bertz CT molecular complexity index is 856. The van der Waals surface area contributed by atoms with E-state index in [9.17, 15) is 17.2 Å². The van der Waals surface area contributed by atoms with E-state index in [2.05, 4.69) is 14.9 Å². The summed E-state index contributed by atoms with van der Waals surface area (Å²) >= 11 is 0. The summed E-state index contributed by atoms with van der Waals surface area (Å²) in [7, 11) is -3.42. The van der Waals surface area contributed by atoms with Crippen LogP contribution in [0.4, 0.5) is 8.78 Å². The maximum absolute atomic E-state index is 13.3. The number of fused-ring (bicyclic) bond motifs is 1. The van der Waals surface area contributed by atoms with E-state index in [1.165, 1.54) is 12.3 Å². The van der Waals surface area contributed by atoms with Crippen LogP contribution in [-0.2, 0) is 29.3 Å². The summed E-state index contributed by atoms with van der Waals surface area (Å²) in [6, 6.07) is 3.86. The number of rotatable bonds is 3. The molecular weight excluding hydrogens is 324 g/mol. The van der Waals surface area contributed by atoms with Crippen LogP contribution in [-0.4, -0.2) is 36.1 Å². The number of aromatic nitrogens is 2. The summed E-state index contributed by atoms with van der Waals surface area (Å²) in [6.07, 6.45) is 3.19. The maximum Gasteiger partial charge on any atom is 0.246 e. The summed E-state index contributed by atoms with van der Waals surface area (Å²) < 4.78 is 49.2. The van der Waals surface area contributed by atoms with Gasteiger partial charge in [-0.1, -0.05) is 6.07 Å². The highest BCUT2D eigenvalue weighted by Gasteiger charge is 2.21. The summed E-state index contributed by atoms with van der Waals surface area (Å²) in [6.45, 7) is 1.68. The molecule has 1 aliphatic rings. The summed E-state index contributed by atoms with van der Waals surface area (Å²) in [5.41, 5.74) is 2.26. The van der Waals surface area contributed by atoms with Crippen molar-refractivity contribution < 1.29 is 17.2 Å². The zero-order chi connectivity index (χ0) is 16.6. The zero-order valence-corrected chi connectivity index (χ0v) is 13.3. The molecule has 0 saturated carbocycles. The second-order valence-electron chi connectivity index (χ2n) is 5.61. The van der Waals surface area contributed by atoms with Gasteiger partial charge in [0.15, 0.2) is 11.6 Å². The molecule has 122 valence electrons. The predicted octanol–water partition coefficient (Wildman–Crippen LogP) is 1.72. The second-order valence-corrected chi connectivity index (χ2v) is 7.52. The molecule has 1 aromatic carbocycles. The van der Waals surface area contributed by atoms with Gasteiger partial charge in [-0.2, -0.15) is 0 Å². The van der Waals surface area contributed by atoms with Crippen molar-refractivity contribution in [2.45, 2.75) is 24.7 Å². The summed E-state index contributed by atoms with van der Waals surface area (Å²) in [5.74, 6) is -1.72. The first-order chi connectivity index (χ1) is 10.8. The molecule has 1 aliphatic heterocycles. The van der Waals surface area contributed by atoms with Gasteiger partial charge in [0.25, 0.3) is 0 Å². The molecule has 2 heterocycles. The van der Waals surface area contributed by atoms with Gasteiger partial charge < -0.3 is 0 Å². The van der Waals surface area contributed by atoms with Crippen molar-refractivity contribution >= 4 is 9.84 Å². The van der Waals surface area contributed by atoms with Crippen molar-refractivity contribution in [3.63, 3.8) is 0 Å². The first kappa shape index (κ1) is 15.9. The van der Waals surface area contributed by atoms with Crippen LogP contribution in [0, 0.1) is 11.6 Å². The first-order valence-electron chi connectivity index (χ1n) is 7.04. The van der Waals surface area contributed by atoms with Crippen LogP contribution >= 0.6 is 0 Å². The fourth-order valence-corrected chi connectivity index (χ4v) is 3.09. The third-order valence-corrected chi connectivity index (χ3v) is 4.57. The Morgan fingerprint density at radius 3 is 2.74 bits per heavy atom. The molecule has 8 heteroatoms. The Kier molecular flexibility index (Phi) is 4.11. The molecular formula is C15H15F2N3O2S. The van der Waals surface area contributed by atoms with Crippen molar-refractivity contribution in [3.8, 4) is 0 Å². The standard InChI is InChI=1S/C15H15F2N3O2S/c1-23(21,22)15-18-7-11-9-20(5-4-14(11)19-15)8-10-2-3-12(16)13(17)6-10/h2-3,6-7H,4-5,8-9H2,1H3. The topological polar surface area (TPSA) is 63.2 Å². The first-order valence-corrected chi connectivity index (χ1v) is 8.93. The fourth-order valence-electron chi connectivity index (χ4n) is 2.57. The van der Waals surface area contributed by atoms with E-state index >= 15 is 0 Å². The molecule has 0 aliphatic carbocycles. The normalized spacial score (nSPS) is 15.4. The minimum atomic E-state index is -3.42. The van der Waals surface area contributed by atoms with Crippen LogP contribution in [0.15, 0.2) is 29.6 Å². The van der Waals surface area contributed by atoms with E-state index < -0.39 is 21.5 Å². The van der Waals surface area contributed by atoms with Gasteiger partial charge in [-0.15, -0.1) is 0 Å². The smallest absolute Gasteiger partial charge is 0.246 e. The van der Waals surface area contributed by atoms with E-state index in [1.54, 1.807) is 6.07 Å². The molecule has 0 amide bonds. The molecule has 0 radical (unpaired) electrons. The average molecular weight is 339 g/mol. The minimum Gasteiger partial charge on any atom is -0.294 e. The molecule has 0 N–H and O–H groups in total. The molecule has 23 heavy (non-hydrogen) atoms. The molecule has 0 unspecified atom stereocenters. The third-order valence-electron chi connectivity index (χ3n) is 3.71. The second kappa shape index (κ2) is 5.93. The van der Waals surface area contributed by atoms with E-state index in [0.717, 1.165) is 23.6 Å². The summed E-state index contributed by atoms with van der Waals surface area (Å²) in [5, 5.41) is -0.162. The maximum atomic E-state index is 13.3. The van der Waals surface area contributed by atoms with Crippen molar-refractivity contribution in [3.05, 3.63) is 52.9 Å². The third kappa shape index (κ3) is 3.53. The van der Waals surface area contributed by atoms with Gasteiger partial charge in [-0.3, -0.25) is 4.90 Å². The van der Waals surface area contributed by atoms with Crippen molar-refractivity contribution in [1.82, 2.24) is 14.9 Å². The van der Waals surface area contributed by atoms with Gasteiger partial charge in [0.05, 0.1) is 5.69 Å². The van der Waals surface area contributed by atoms with Crippen LogP contribution in [0.2, 0.25) is 0 Å². The Morgan fingerprint density at radius 1 is 1.26 bits per heavy atom. The van der Waals surface area contributed by atoms with Crippen LogP contribution in [0.1, 0.15) is 16.8 Å². The lowest BCUT2D eigenvalue weighted by molar-refractivity contribution is 0.241. The van der Waals surface area contributed by atoms with E-state index in [-0.39, 0.29) is 5.16 Å². The van der Waals surface area contributed by atoms with Crippen LogP contribution in [0.3, 0.4) is 0 Å². The van der Waals surface area contributed by atoms with Crippen molar-refractivity contribution in [2.24, 2.45) is 0 Å². The Labute approximate surface area is 132 Å². The molecule has 0 fully saturated rings. The number of halogens is 2. The van der Waals surface area contributed by atoms with Crippen molar-refractivity contribution in [1.29, 1.82) is 0 Å². The van der Waals surface area contributed by atoms with Crippen LogP contribution < -0.4 is 0 Å². The molecule has 0 saturated heterocycles. The van der Waals surface area contributed by atoms with Crippen LogP contribution in [0.25, 0.3) is 0 Å². The number of sulfone groups is 1. The van der Waals surface area contributed by atoms with E-state index in [4.69, 9.17) is 0 Å². The molecule has 3 rings (SSSR count). The molecule has 5 nitrogen and oxygen atoms in total. The number of nitrogens with zero attached hydrogens (tertiary/aromatic N) is 3. The monoisotopic (exact) mass is 339 g/mol. The van der Waals surface area contributed by atoms with E-state index in [1.807, 2.05) is 0 Å². The highest BCUT2D eigenvalue weighted by molar-refractivity contribution is 7.90. The van der Waals surface area contributed by atoms with Gasteiger partial charge in [0, 0.05) is 44.1 Å². The Morgan fingerprint density at radius 2 is 2.04 bits per heavy atom. The molecule has 1 aromatic heterocycles. The minimum absolute atomic E-state index is 0.162. The molecule has 2 aromatic rings. The zero-order valence-electron chi connectivity index (χ0n) is 12.5. The molecule has 0 bridgehead atoms. The number of benzene rings is 1. The SMILES string of the molecule is CS(=O)(=O)c1ncc2c(n1)CCN(Cc1ccc(F)c(F)c1)C2. The van der Waals surface area contributed by atoms with Gasteiger partial charge in [0.2, 0.25) is 15.0 Å². The Balaban J connectivity index is 1.76. The Hall–Kier alpha value is -1.93. The lowest BCUT2D eigenvalue weighted by Crippen LogP contribution is -2.31. The van der Waals surface area contributed by atoms with Gasteiger partial charge in [-0.05, 0) is 17.7 Å². The molecule has 0 spiro atoms. The highest BCUT2D eigenvalue weighted by Crippen LogP contribution is 2.20. The molecule has 0 atom stereocenters. The summed E-state index contributed by atoms with van der Waals surface area (Å²) in [4.78, 5) is 10.1. The largest absolute Gasteiger partial charge is 0.294 e. The average Bonchev–Trinajstić information content (AvgIpc) is 2.49. The lowest BCUT2D eigenvalue weighted by atomic mass is 10.1. The number of hydrogen-bond acceptors (Lipinski definition) is 5. The lowest BCUT2D eigenvalue weighted by Gasteiger charge is -2.28. The number of hydrogen-bond donors (Lipinski definition) is 0.